The highest BCUT2D eigenvalue weighted by atomic mass is 16.4. The first kappa shape index (κ1) is 16.0. The normalized spacial score (nSPS) is 33.2. The summed E-state index contributed by atoms with van der Waals surface area (Å²) in [6.07, 6.45) is 1.19. The van der Waals surface area contributed by atoms with E-state index in [-0.39, 0.29) is 5.91 Å². The minimum absolute atomic E-state index is 0.0903. The van der Waals surface area contributed by atoms with E-state index in [1.165, 1.54) is 0 Å². The van der Waals surface area contributed by atoms with Gasteiger partial charge in [0.05, 0.1) is 10.8 Å². The molecule has 0 heterocycles. The first-order valence-corrected chi connectivity index (χ1v) is 7.11. The molecule has 0 bridgehead atoms. The maximum absolute atomic E-state index is 12.8. The number of rotatable bonds is 4. The topological polar surface area (TPSA) is 57.6 Å². The van der Waals surface area contributed by atoms with E-state index in [0.717, 1.165) is 0 Å². The van der Waals surface area contributed by atoms with Gasteiger partial charge in [0.1, 0.15) is 0 Å². The van der Waals surface area contributed by atoms with Crippen molar-refractivity contribution in [2.45, 2.75) is 54.4 Å². The Balaban J connectivity index is 3.22. The summed E-state index contributed by atoms with van der Waals surface area (Å²) in [6.45, 7) is 12.8. The summed E-state index contributed by atoms with van der Waals surface area (Å²) >= 11 is 0. The molecule has 0 aliphatic heterocycles. The molecule has 4 nitrogen and oxygen atoms in total. The smallest absolute Gasteiger partial charge is 0.309 e. The zero-order valence-electron chi connectivity index (χ0n) is 13.0. The Hall–Kier alpha value is -1.06. The highest BCUT2D eigenvalue weighted by Gasteiger charge is 2.65. The van der Waals surface area contributed by atoms with Gasteiger partial charge in [-0.05, 0) is 39.0 Å². The first-order valence-electron chi connectivity index (χ1n) is 7.11. The van der Waals surface area contributed by atoms with Crippen molar-refractivity contribution in [1.29, 1.82) is 0 Å². The average molecular weight is 269 g/mol. The molecule has 1 fully saturated rings. The molecule has 0 radical (unpaired) electrons. The Morgan fingerprint density at radius 2 is 1.42 bits per heavy atom. The number of nitrogens with zero attached hydrogens (tertiary/aromatic N) is 1. The fraction of sp³-hybridized carbons (Fsp3) is 0.867. The van der Waals surface area contributed by atoms with Crippen LogP contribution in [0.2, 0.25) is 0 Å². The van der Waals surface area contributed by atoms with Crippen LogP contribution in [-0.2, 0) is 9.59 Å². The van der Waals surface area contributed by atoms with Gasteiger partial charge in [-0.15, -0.1) is 0 Å². The third-order valence-electron chi connectivity index (χ3n) is 5.88. The molecule has 0 aromatic carbocycles. The van der Waals surface area contributed by atoms with Gasteiger partial charge >= 0.3 is 5.97 Å². The summed E-state index contributed by atoms with van der Waals surface area (Å²) in [5.41, 5.74) is -2.01. The summed E-state index contributed by atoms with van der Waals surface area (Å²) in [5.74, 6) is -0.707. The summed E-state index contributed by atoms with van der Waals surface area (Å²) < 4.78 is 0. The third-order valence-corrected chi connectivity index (χ3v) is 5.88. The van der Waals surface area contributed by atoms with Crippen molar-refractivity contribution in [3.8, 4) is 0 Å². The van der Waals surface area contributed by atoms with Gasteiger partial charge in [0.15, 0.2) is 0 Å². The van der Waals surface area contributed by atoms with E-state index in [4.69, 9.17) is 0 Å². The molecule has 1 aliphatic rings. The van der Waals surface area contributed by atoms with Crippen molar-refractivity contribution < 1.29 is 14.7 Å². The second-order valence-corrected chi connectivity index (χ2v) is 6.57. The van der Waals surface area contributed by atoms with Crippen LogP contribution < -0.4 is 0 Å². The fourth-order valence-electron chi connectivity index (χ4n) is 3.34. The number of hydrogen-bond donors (Lipinski definition) is 1. The van der Waals surface area contributed by atoms with Gasteiger partial charge < -0.3 is 10.0 Å². The second kappa shape index (κ2) is 4.80. The molecule has 1 rings (SSSR count). The molecule has 0 aromatic rings. The Labute approximate surface area is 116 Å². The highest BCUT2D eigenvalue weighted by molar-refractivity contribution is 5.87. The van der Waals surface area contributed by atoms with Crippen LogP contribution in [0.5, 0.6) is 0 Å². The minimum Gasteiger partial charge on any atom is -0.481 e. The maximum Gasteiger partial charge on any atom is 0.309 e. The SMILES string of the molecule is CCN(CC)C(=O)C1(C)CCC(C)(C(=O)O)C1(C)C. The largest absolute Gasteiger partial charge is 0.481 e. The van der Waals surface area contributed by atoms with Crippen molar-refractivity contribution in [1.82, 2.24) is 4.90 Å². The van der Waals surface area contributed by atoms with Crippen LogP contribution in [0.4, 0.5) is 0 Å². The zero-order chi connectivity index (χ0) is 15.1. The van der Waals surface area contributed by atoms with Gasteiger partial charge in [-0.2, -0.15) is 0 Å². The summed E-state index contributed by atoms with van der Waals surface area (Å²) in [5, 5.41) is 9.55. The summed E-state index contributed by atoms with van der Waals surface area (Å²) in [6, 6.07) is 0. The van der Waals surface area contributed by atoms with Gasteiger partial charge in [0.25, 0.3) is 0 Å². The number of carbonyl (C=O) groups is 2. The fourth-order valence-corrected chi connectivity index (χ4v) is 3.34. The number of hydrogen-bond acceptors (Lipinski definition) is 2. The van der Waals surface area contributed by atoms with Crippen LogP contribution in [0.15, 0.2) is 0 Å². The van der Waals surface area contributed by atoms with Crippen LogP contribution >= 0.6 is 0 Å². The monoisotopic (exact) mass is 269 g/mol. The molecule has 0 saturated heterocycles. The molecule has 1 amide bonds. The number of carboxylic acid groups (broad SMARTS) is 1. The molecule has 2 unspecified atom stereocenters. The molecule has 0 aromatic heterocycles. The summed E-state index contributed by atoms with van der Waals surface area (Å²) in [7, 11) is 0. The van der Waals surface area contributed by atoms with E-state index in [2.05, 4.69) is 0 Å². The number of carboxylic acids is 1. The molecule has 1 aliphatic carbocycles. The Kier molecular flexibility index (Phi) is 4.04. The van der Waals surface area contributed by atoms with Crippen LogP contribution in [-0.4, -0.2) is 35.0 Å². The molecule has 0 spiro atoms. The first-order chi connectivity index (χ1) is 8.58. The molecule has 19 heavy (non-hydrogen) atoms. The Morgan fingerprint density at radius 1 is 1.00 bits per heavy atom. The van der Waals surface area contributed by atoms with E-state index < -0.39 is 22.2 Å². The minimum atomic E-state index is -0.843. The molecule has 1 N–H and O–H groups in total. The van der Waals surface area contributed by atoms with Gasteiger partial charge in [-0.3, -0.25) is 9.59 Å². The Morgan fingerprint density at radius 3 is 1.74 bits per heavy atom. The lowest BCUT2D eigenvalue weighted by atomic mass is 9.59. The molecule has 110 valence electrons. The van der Waals surface area contributed by atoms with Crippen LogP contribution in [0.1, 0.15) is 54.4 Å². The second-order valence-electron chi connectivity index (χ2n) is 6.57. The number of aliphatic carboxylic acids is 1. The van der Waals surface area contributed by atoms with E-state index in [1.807, 2.05) is 39.5 Å². The molecular formula is C15H27NO3. The lowest BCUT2D eigenvalue weighted by molar-refractivity contribution is -0.161. The maximum atomic E-state index is 12.8. The van der Waals surface area contributed by atoms with E-state index >= 15 is 0 Å². The number of carbonyl (C=O) groups excluding carboxylic acids is 1. The Bertz CT molecular complexity index is 387. The zero-order valence-corrected chi connectivity index (χ0v) is 13.0. The standard InChI is InChI=1S/C15H27NO3/c1-7-16(8-2)11(17)14(5)9-10-15(6,12(18)19)13(14,3)4/h7-10H2,1-6H3,(H,18,19). The number of amides is 1. The van der Waals surface area contributed by atoms with Gasteiger partial charge in [0, 0.05) is 13.1 Å². The predicted octanol–water partition coefficient (Wildman–Crippen LogP) is 2.77. The van der Waals surface area contributed by atoms with Crippen molar-refractivity contribution in [3.63, 3.8) is 0 Å². The van der Waals surface area contributed by atoms with Gasteiger partial charge in [-0.25, -0.2) is 0 Å². The van der Waals surface area contributed by atoms with Crippen LogP contribution in [0.25, 0.3) is 0 Å². The van der Waals surface area contributed by atoms with Crippen molar-refractivity contribution in [2.24, 2.45) is 16.2 Å². The van der Waals surface area contributed by atoms with Crippen LogP contribution in [0, 0.1) is 16.2 Å². The van der Waals surface area contributed by atoms with E-state index in [1.54, 1.807) is 6.92 Å². The lowest BCUT2D eigenvalue weighted by Gasteiger charge is -2.45. The van der Waals surface area contributed by atoms with Crippen molar-refractivity contribution in [2.75, 3.05) is 13.1 Å². The lowest BCUT2D eigenvalue weighted by Crippen LogP contribution is -2.52. The molecule has 1 saturated carbocycles. The van der Waals surface area contributed by atoms with E-state index in [9.17, 15) is 14.7 Å². The van der Waals surface area contributed by atoms with Gasteiger partial charge in [-0.1, -0.05) is 20.8 Å². The quantitative estimate of drug-likeness (QED) is 0.853. The molecular weight excluding hydrogens is 242 g/mol. The van der Waals surface area contributed by atoms with Gasteiger partial charge in [0.2, 0.25) is 5.91 Å². The molecule has 4 heteroatoms. The van der Waals surface area contributed by atoms with Crippen molar-refractivity contribution >= 4 is 11.9 Å². The summed E-state index contributed by atoms with van der Waals surface area (Å²) in [4.78, 5) is 26.2. The van der Waals surface area contributed by atoms with Crippen LogP contribution in [0.3, 0.4) is 0 Å². The third kappa shape index (κ3) is 1.96. The predicted molar refractivity (Wildman–Crippen MR) is 74.8 cm³/mol. The van der Waals surface area contributed by atoms with E-state index in [0.29, 0.717) is 25.9 Å². The highest BCUT2D eigenvalue weighted by Crippen LogP contribution is 2.63. The molecule has 2 atom stereocenters. The van der Waals surface area contributed by atoms with Crippen molar-refractivity contribution in [3.05, 3.63) is 0 Å². The average Bonchev–Trinajstić information content (AvgIpc) is 2.53.